The van der Waals surface area contributed by atoms with E-state index in [9.17, 15) is 26.3 Å². The molecule has 12 heteroatoms. The molecule has 2 N–H and O–H groups in total. The molecule has 1 saturated heterocycles. The van der Waals surface area contributed by atoms with Gasteiger partial charge in [-0.2, -0.15) is 31.3 Å². The summed E-state index contributed by atoms with van der Waals surface area (Å²) in [6.45, 7) is 2.67. The zero-order valence-corrected chi connectivity index (χ0v) is 19.1. The van der Waals surface area contributed by atoms with Gasteiger partial charge in [0.25, 0.3) is 0 Å². The van der Waals surface area contributed by atoms with Gasteiger partial charge < -0.3 is 15.4 Å². The number of morpholine rings is 1. The van der Waals surface area contributed by atoms with E-state index in [2.05, 4.69) is 19.9 Å². The summed E-state index contributed by atoms with van der Waals surface area (Å²) in [5.41, 5.74) is 4.51. The molecule has 0 atom stereocenters. The highest BCUT2D eigenvalue weighted by Crippen LogP contribution is 2.40. The molecule has 0 unspecified atom stereocenters. The number of anilines is 2. The molecule has 1 fully saturated rings. The number of halogens is 6. The minimum absolute atomic E-state index is 0.0447. The first kappa shape index (κ1) is 24.8. The lowest BCUT2D eigenvalue weighted by atomic mass is 9.96. The predicted molar refractivity (Wildman–Crippen MR) is 126 cm³/mol. The largest absolute Gasteiger partial charge is 0.416 e. The summed E-state index contributed by atoms with van der Waals surface area (Å²) < 4.78 is 86.5. The van der Waals surface area contributed by atoms with Crippen molar-refractivity contribution in [2.75, 3.05) is 36.9 Å². The summed E-state index contributed by atoms with van der Waals surface area (Å²) >= 11 is 0. The van der Waals surface area contributed by atoms with Crippen molar-refractivity contribution in [3.63, 3.8) is 0 Å². The van der Waals surface area contributed by atoms with Gasteiger partial charge in [-0.1, -0.05) is 12.1 Å². The second kappa shape index (κ2) is 9.18. The van der Waals surface area contributed by atoms with Crippen molar-refractivity contribution in [2.24, 2.45) is 0 Å². The number of benzene rings is 2. The number of nitrogens with two attached hydrogens (primary N) is 1. The summed E-state index contributed by atoms with van der Waals surface area (Å²) in [6.07, 6.45) is -8.74. The fourth-order valence-electron chi connectivity index (χ4n) is 4.18. The lowest BCUT2D eigenvalue weighted by Crippen LogP contribution is -2.36. The first-order valence-electron chi connectivity index (χ1n) is 11.2. The molecule has 0 aliphatic carbocycles. The summed E-state index contributed by atoms with van der Waals surface area (Å²) in [5, 5.41) is 0.162. The van der Waals surface area contributed by atoms with E-state index >= 15 is 0 Å². The molecule has 0 spiro atoms. The van der Waals surface area contributed by atoms with E-state index in [-0.39, 0.29) is 34.2 Å². The Hall–Kier alpha value is -3.93. The Morgan fingerprint density at radius 3 is 2.00 bits per heavy atom. The molecular formula is C25H19F6N5O. The zero-order valence-electron chi connectivity index (χ0n) is 19.1. The maximum Gasteiger partial charge on any atom is 0.416 e. The van der Waals surface area contributed by atoms with Crippen LogP contribution in [-0.4, -0.2) is 41.3 Å². The lowest BCUT2D eigenvalue weighted by molar-refractivity contribution is -0.143. The highest BCUT2D eigenvalue weighted by atomic mass is 19.4. The minimum atomic E-state index is -4.99. The van der Waals surface area contributed by atoms with Crippen molar-refractivity contribution in [1.82, 2.24) is 15.0 Å². The third-order valence-electron chi connectivity index (χ3n) is 6.02. The van der Waals surface area contributed by atoms with E-state index in [1.54, 1.807) is 12.1 Å². The molecule has 0 amide bonds. The molecule has 6 nitrogen and oxygen atoms in total. The van der Waals surface area contributed by atoms with Gasteiger partial charge >= 0.3 is 12.4 Å². The lowest BCUT2D eigenvalue weighted by Gasteiger charge is -2.28. The van der Waals surface area contributed by atoms with Crippen molar-refractivity contribution in [3.8, 4) is 22.4 Å². The van der Waals surface area contributed by atoms with Gasteiger partial charge in [0, 0.05) is 35.9 Å². The Bertz CT molecular complexity index is 1420. The van der Waals surface area contributed by atoms with Crippen LogP contribution in [0, 0.1) is 0 Å². The second-order valence-corrected chi connectivity index (χ2v) is 8.46. The molecule has 192 valence electrons. The van der Waals surface area contributed by atoms with E-state index in [4.69, 9.17) is 10.5 Å². The molecule has 0 bridgehead atoms. The smallest absolute Gasteiger partial charge is 0.378 e. The molecule has 2 aromatic carbocycles. The summed E-state index contributed by atoms with van der Waals surface area (Å²) in [7, 11) is 0. The van der Waals surface area contributed by atoms with Crippen LogP contribution in [0.4, 0.5) is 38.0 Å². The Labute approximate surface area is 206 Å². The van der Waals surface area contributed by atoms with Crippen molar-refractivity contribution >= 4 is 22.7 Å². The number of ether oxygens (including phenoxy) is 1. The van der Waals surface area contributed by atoms with E-state index in [1.807, 2.05) is 12.1 Å². The first-order chi connectivity index (χ1) is 17.5. The van der Waals surface area contributed by atoms with Gasteiger partial charge in [0.1, 0.15) is 0 Å². The number of fused-ring (bicyclic) bond motifs is 1. The number of hydrogen-bond acceptors (Lipinski definition) is 6. The number of nitrogen functional groups attached to an aromatic ring is 1. The van der Waals surface area contributed by atoms with Gasteiger partial charge in [-0.25, -0.2) is 9.97 Å². The quantitative estimate of drug-likeness (QED) is 0.344. The third-order valence-corrected chi connectivity index (χ3v) is 6.02. The van der Waals surface area contributed by atoms with E-state index in [0.717, 1.165) is 18.8 Å². The molecule has 2 aromatic heterocycles. The van der Waals surface area contributed by atoms with Crippen LogP contribution in [0.1, 0.15) is 11.1 Å². The molecule has 0 saturated carbocycles. The average molecular weight is 519 g/mol. The number of alkyl halides is 6. The van der Waals surface area contributed by atoms with Crippen molar-refractivity contribution < 1.29 is 31.1 Å². The van der Waals surface area contributed by atoms with Crippen molar-refractivity contribution in [3.05, 3.63) is 65.9 Å². The number of rotatable bonds is 3. The Balaban J connectivity index is 1.67. The molecule has 0 radical (unpaired) electrons. The Morgan fingerprint density at radius 2 is 1.41 bits per heavy atom. The normalized spacial score (nSPS) is 14.8. The number of nitrogens with zero attached hydrogens (tertiary/aromatic N) is 4. The molecule has 3 heterocycles. The van der Waals surface area contributed by atoms with E-state index in [1.165, 1.54) is 12.3 Å². The molecule has 4 aromatic rings. The number of hydrogen-bond donors (Lipinski definition) is 1. The summed E-state index contributed by atoms with van der Waals surface area (Å²) in [5.74, 6) is -0.134. The van der Waals surface area contributed by atoms with Crippen LogP contribution < -0.4 is 10.6 Å². The van der Waals surface area contributed by atoms with Crippen LogP contribution in [0.25, 0.3) is 33.4 Å². The monoisotopic (exact) mass is 519 g/mol. The van der Waals surface area contributed by atoms with Gasteiger partial charge in [0.05, 0.1) is 30.0 Å². The van der Waals surface area contributed by atoms with Crippen LogP contribution in [-0.2, 0) is 17.1 Å². The number of pyridine rings is 1. The van der Waals surface area contributed by atoms with Crippen LogP contribution in [0.3, 0.4) is 0 Å². The van der Waals surface area contributed by atoms with Crippen molar-refractivity contribution in [1.29, 1.82) is 0 Å². The maximum absolute atomic E-state index is 13.5. The van der Waals surface area contributed by atoms with Crippen LogP contribution in [0.2, 0.25) is 0 Å². The highest BCUT2D eigenvalue weighted by Gasteiger charge is 2.37. The Morgan fingerprint density at radius 1 is 0.784 bits per heavy atom. The van der Waals surface area contributed by atoms with Crippen LogP contribution >= 0.6 is 0 Å². The fourth-order valence-corrected chi connectivity index (χ4v) is 4.18. The topological polar surface area (TPSA) is 77.2 Å². The minimum Gasteiger partial charge on any atom is -0.378 e. The first-order valence-corrected chi connectivity index (χ1v) is 11.2. The molecule has 1 aliphatic heterocycles. The van der Waals surface area contributed by atoms with Crippen LogP contribution in [0.15, 0.2) is 54.7 Å². The van der Waals surface area contributed by atoms with Gasteiger partial charge in [0.15, 0.2) is 5.65 Å². The summed E-state index contributed by atoms with van der Waals surface area (Å²) in [6, 6.07) is 10.2. The third kappa shape index (κ3) is 5.15. The molecule has 5 rings (SSSR count). The van der Waals surface area contributed by atoms with Crippen molar-refractivity contribution in [2.45, 2.75) is 12.4 Å². The van der Waals surface area contributed by atoms with Gasteiger partial charge in [-0.05, 0) is 47.5 Å². The fraction of sp³-hybridized carbons (Fsp3) is 0.240. The zero-order chi connectivity index (χ0) is 26.4. The van der Waals surface area contributed by atoms with Gasteiger partial charge in [0.2, 0.25) is 5.95 Å². The maximum atomic E-state index is 13.5. The second-order valence-electron chi connectivity index (χ2n) is 8.46. The average Bonchev–Trinajstić information content (AvgIpc) is 2.87. The van der Waals surface area contributed by atoms with Crippen LogP contribution in [0.5, 0.6) is 0 Å². The summed E-state index contributed by atoms with van der Waals surface area (Å²) in [4.78, 5) is 14.5. The van der Waals surface area contributed by atoms with E-state index < -0.39 is 23.5 Å². The van der Waals surface area contributed by atoms with Gasteiger partial charge in [-0.3, -0.25) is 0 Å². The molecular weight excluding hydrogens is 500 g/mol. The predicted octanol–water partition coefficient (Wildman–Crippen LogP) is 5.82. The molecule has 1 aliphatic rings. The van der Waals surface area contributed by atoms with E-state index in [0.29, 0.717) is 36.6 Å². The Kier molecular flexibility index (Phi) is 6.14. The van der Waals surface area contributed by atoms with Gasteiger partial charge in [-0.15, -0.1) is 0 Å². The standard InChI is InChI=1S/C25H19F6N5O/c26-24(27,28)16-9-15(10-17(11-16)25(29,30)31)19-12-21(34-22-20(19)13-33-23(32)35-22)14-1-3-18(4-2-14)36-5-7-37-8-6-36/h1-4,9-13H,5-8H2,(H2,32,33,34,35). The highest BCUT2D eigenvalue weighted by molar-refractivity contribution is 5.95. The molecule has 37 heavy (non-hydrogen) atoms. The SMILES string of the molecule is Nc1ncc2c(-c3cc(C(F)(F)F)cc(C(F)(F)F)c3)cc(-c3ccc(N4CCOCC4)cc3)nc2n1. The number of aromatic nitrogens is 3.